The quantitative estimate of drug-likeness (QED) is 0.225. The Labute approximate surface area is 270 Å². The molecule has 11 heteroatoms. The maximum absolute atomic E-state index is 13.7. The molecule has 3 N–H and O–H groups in total. The highest BCUT2D eigenvalue weighted by Gasteiger charge is 2.24. The fourth-order valence-electron chi connectivity index (χ4n) is 5.04. The number of hydrogen-bond donors (Lipinski definition) is 2. The number of nitrogens with zero attached hydrogens (tertiary/aromatic N) is 3. The third kappa shape index (κ3) is 9.53. The summed E-state index contributed by atoms with van der Waals surface area (Å²) in [5.74, 6) is 0.688. The van der Waals surface area contributed by atoms with Gasteiger partial charge in [0.2, 0.25) is 5.91 Å². The Morgan fingerprint density at radius 1 is 0.933 bits per heavy atom. The van der Waals surface area contributed by atoms with E-state index < -0.39 is 0 Å². The van der Waals surface area contributed by atoms with Crippen molar-refractivity contribution in [2.24, 2.45) is 5.73 Å². The van der Waals surface area contributed by atoms with E-state index in [0.717, 1.165) is 51.0 Å². The lowest BCUT2D eigenvalue weighted by Gasteiger charge is -2.32. The largest absolute Gasteiger partial charge is 0.493 e. The number of nitrogens with two attached hydrogens (primary N) is 1. The highest BCUT2D eigenvalue weighted by Crippen LogP contribution is 2.33. The number of ether oxygens (including phenoxy) is 2. The van der Waals surface area contributed by atoms with Crippen LogP contribution in [-0.2, 0) is 4.79 Å². The molecule has 1 aliphatic heterocycles. The monoisotopic (exact) mass is 635 g/mol. The highest BCUT2D eigenvalue weighted by atomic mass is 32.1. The fourth-order valence-corrected chi connectivity index (χ4v) is 5.86. The number of aryl methyl sites for hydroxylation is 1. The first kappa shape index (κ1) is 34.0. The highest BCUT2D eigenvalue weighted by molar-refractivity contribution is 7.12. The van der Waals surface area contributed by atoms with Gasteiger partial charge in [0, 0.05) is 39.6 Å². The number of carbonyl (C=O) groups is 3. The molecule has 0 saturated carbocycles. The number of carbonyl (C=O) groups excluding carboxylic acids is 3. The van der Waals surface area contributed by atoms with Gasteiger partial charge in [0.15, 0.2) is 0 Å². The number of benzene rings is 2. The van der Waals surface area contributed by atoms with Gasteiger partial charge in [0.25, 0.3) is 11.8 Å². The van der Waals surface area contributed by atoms with Crippen molar-refractivity contribution in [1.82, 2.24) is 9.80 Å². The molecule has 2 aromatic carbocycles. The van der Waals surface area contributed by atoms with E-state index in [1.54, 1.807) is 47.7 Å². The van der Waals surface area contributed by atoms with Crippen LogP contribution in [0.15, 0.2) is 53.9 Å². The summed E-state index contributed by atoms with van der Waals surface area (Å²) >= 11 is 1.26. The standard InChI is InChI=1S/C34H45N5O5S/c1-25-13-14-28(30(24-25)44-21-8-4-5-12-31(40)39-19-17-37(2)18-20-39)38(3)34(42)32-27(15-23-45-32)36-33(41)26-10-6-7-11-29(26)43-22-9-16-35/h6-7,10-11,13-15,23-24H,4-5,8-9,12,16-22,35H2,1-3H3,(H,36,41). The van der Waals surface area contributed by atoms with Crippen LogP contribution in [0.25, 0.3) is 0 Å². The minimum atomic E-state index is -0.363. The number of amides is 3. The molecule has 0 atom stereocenters. The Balaban J connectivity index is 1.33. The normalized spacial score (nSPS) is 13.4. The maximum Gasteiger partial charge on any atom is 0.270 e. The summed E-state index contributed by atoms with van der Waals surface area (Å²) < 4.78 is 11.9. The Kier molecular flexibility index (Phi) is 12.8. The van der Waals surface area contributed by atoms with Crippen molar-refractivity contribution in [3.8, 4) is 11.5 Å². The predicted octanol–water partition coefficient (Wildman–Crippen LogP) is 5.03. The first-order chi connectivity index (χ1) is 21.8. The van der Waals surface area contributed by atoms with E-state index in [9.17, 15) is 14.4 Å². The lowest BCUT2D eigenvalue weighted by molar-refractivity contribution is -0.132. The van der Waals surface area contributed by atoms with Crippen molar-refractivity contribution >= 4 is 40.4 Å². The molecular weight excluding hydrogens is 590 g/mol. The van der Waals surface area contributed by atoms with E-state index in [-0.39, 0.29) is 17.7 Å². The molecule has 1 saturated heterocycles. The van der Waals surface area contributed by atoms with Crippen LogP contribution < -0.4 is 25.4 Å². The molecule has 242 valence electrons. The van der Waals surface area contributed by atoms with E-state index in [2.05, 4.69) is 17.3 Å². The van der Waals surface area contributed by atoms with E-state index in [0.29, 0.717) is 65.9 Å². The van der Waals surface area contributed by atoms with E-state index in [1.807, 2.05) is 30.0 Å². The summed E-state index contributed by atoms with van der Waals surface area (Å²) in [5.41, 5.74) is 8.04. The molecule has 1 aromatic heterocycles. The maximum atomic E-state index is 13.7. The first-order valence-electron chi connectivity index (χ1n) is 15.6. The number of rotatable bonds is 15. The Morgan fingerprint density at radius 2 is 1.67 bits per heavy atom. The van der Waals surface area contributed by atoms with Crippen LogP contribution in [0.1, 0.15) is 57.7 Å². The summed E-state index contributed by atoms with van der Waals surface area (Å²) in [4.78, 5) is 45.6. The van der Waals surface area contributed by atoms with Gasteiger partial charge < -0.3 is 35.2 Å². The van der Waals surface area contributed by atoms with Gasteiger partial charge in [-0.05, 0) is 87.5 Å². The molecule has 0 radical (unpaired) electrons. The summed E-state index contributed by atoms with van der Waals surface area (Å²) in [6, 6.07) is 14.5. The van der Waals surface area contributed by atoms with Crippen LogP contribution in [-0.4, -0.2) is 87.6 Å². The zero-order chi connectivity index (χ0) is 32.2. The number of thiophene rings is 1. The number of para-hydroxylation sites is 1. The van der Waals surface area contributed by atoms with Gasteiger partial charge in [-0.15, -0.1) is 11.3 Å². The van der Waals surface area contributed by atoms with Crippen LogP contribution >= 0.6 is 11.3 Å². The van der Waals surface area contributed by atoms with Crippen molar-refractivity contribution < 1.29 is 23.9 Å². The van der Waals surface area contributed by atoms with E-state index >= 15 is 0 Å². The molecule has 10 nitrogen and oxygen atoms in total. The second-order valence-corrected chi connectivity index (χ2v) is 12.2. The average molecular weight is 636 g/mol. The van der Waals surface area contributed by atoms with Gasteiger partial charge in [0.1, 0.15) is 16.4 Å². The van der Waals surface area contributed by atoms with Crippen LogP contribution in [0.3, 0.4) is 0 Å². The Morgan fingerprint density at radius 3 is 2.44 bits per heavy atom. The Hall–Kier alpha value is -3.93. The number of anilines is 2. The molecule has 1 aliphatic rings. The minimum absolute atomic E-state index is 0.231. The topological polar surface area (TPSA) is 117 Å². The first-order valence-corrected chi connectivity index (χ1v) is 16.4. The van der Waals surface area contributed by atoms with Gasteiger partial charge in [-0.25, -0.2) is 0 Å². The molecule has 0 bridgehead atoms. The summed E-state index contributed by atoms with van der Waals surface area (Å²) in [6.07, 6.45) is 3.75. The van der Waals surface area contributed by atoms with Gasteiger partial charge in [-0.3, -0.25) is 14.4 Å². The zero-order valence-corrected chi connectivity index (χ0v) is 27.4. The minimum Gasteiger partial charge on any atom is -0.493 e. The predicted molar refractivity (Wildman–Crippen MR) is 180 cm³/mol. The molecule has 1 fully saturated rings. The van der Waals surface area contributed by atoms with Crippen LogP contribution in [0, 0.1) is 6.92 Å². The summed E-state index contributed by atoms with van der Waals surface area (Å²) in [6.45, 7) is 6.83. The van der Waals surface area contributed by atoms with Crippen LogP contribution in [0.2, 0.25) is 0 Å². The molecule has 0 unspecified atom stereocenters. The lowest BCUT2D eigenvalue weighted by atomic mass is 10.1. The summed E-state index contributed by atoms with van der Waals surface area (Å²) in [7, 11) is 3.79. The smallest absolute Gasteiger partial charge is 0.270 e. The zero-order valence-electron chi connectivity index (χ0n) is 26.5. The van der Waals surface area contributed by atoms with Crippen molar-refractivity contribution in [3.63, 3.8) is 0 Å². The van der Waals surface area contributed by atoms with Crippen molar-refractivity contribution in [2.45, 2.75) is 39.0 Å². The second-order valence-electron chi connectivity index (χ2n) is 11.3. The molecule has 45 heavy (non-hydrogen) atoms. The second kappa shape index (κ2) is 17.0. The molecular formula is C34H45N5O5S. The molecule has 4 rings (SSSR count). The van der Waals surface area contributed by atoms with Crippen LogP contribution in [0.5, 0.6) is 11.5 Å². The third-order valence-electron chi connectivity index (χ3n) is 7.78. The molecule has 3 aromatic rings. The molecule has 3 amide bonds. The number of likely N-dealkylation sites (N-methyl/N-ethyl adjacent to an activating group) is 1. The number of unbranched alkanes of at least 4 members (excludes halogenated alkanes) is 2. The van der Waals surface area contributed by atoms with E-state index in [4.69, 9.17) is 15.2 Å². The molecule has 2 heterocycles. The Bertz CT molecular complexity index is 1440. The lowest BCUT2D eigenvalue weighted by Crippen LogP contribution is -2.47. The number of nitrogens with one attached hydrogen (secondary N) is 1. The van der Waals surface area contributed by atoms with E-state index in [1.165, 1.54) is 11.3 Å². The molecule has 0 spiro atoms. The average Bonchev–Trinajstić information content (AvgIpc) is 3.50. The third-order valence-corrected chi connectivity index (χ3v) is 8.68. The van der Waals surface area contributed by atoms with Gasteiger partial charge in [0.05, 0.1) is 30.2 Å². The SMILES string of the molecule is Cc1ccc(N(C)C(=O)c2sccc2NC(=O)c2ccccc2OCCCN)c(OCCCCCC(=O)N2CCN(C)CC2)c1. The fraction of sp³-hybridized carbons (Fsp3) is 0.441. The van der Waals surface area contributed by atoms with Gasteiger partial charge >= 0.3 is 0 Å². The van der Waals surface area contributed by atoms with Crippen molar-refractivity contribution in [3.05, 3.63) is 69.9 Å². The van der Waals surface area contributed by atoms with Crippen molar-refractivity contribution in [2.75, 3.05) is 70.2 Å². The van der Waals surface area contributed by atoms with Crippen molar-refractivity contribution in [1.29, 1.82) is 0 Å². The van der Waals surface area contributed by atoms with Crippen LogP contribution in [0.4, 0.5) is 11.4 Å². The van der Waals surface area contributed by atoms with Gasteiger partial charge in [-0.1, -0.05) is 18.2 Å². The van der Waals surface area contributed by atoms with Gasteiger partial charge in [-0.2, -0.15) is 0 Å². The summed E-state index contributed by atoms with van der Waals surface area (Å²) in [5, 5.41) is 4.67. The molecule has 0 aliphatic carbocycles. The number of piperazine rings is 1. The number of hydrogen-bond acceptors (Lipinski definition) is 8.